The van der Waals surface area contributed by atoms with Gasteiger partial charge in [0, 0.05) is 16.2 Å². The van der Waals surface area contributed by atoms with Crippen LogP contribution < -0.4 is 14.8 Å². The predicted octanol–water partition coefficient (Wildman–Crippen LogP) is 4.15. The molecular formula is C18H16BrN3O4S. The average Bonchev–Trinajstić information content (AvgIpc) is 3.13. The van der Waals surface area contributed by atoms with Crippen molar-refractivity contribution >= 4 is 39.3 Å². The van der Waals surface area contributed by atoms with E-state index in [0.29, 0.717) is 28.3 Å². The van der Waals surface area contributed by atoms with Crippen LogP contribution in [0.25, 0.3) is 0 Å². The van der Waals surface area contributed by atoms with Crippen LogP contribution in [0.4, 0.5) is 5.69 Å². The van der Waals surface area contributed by atoms with E-state index < -0.39 is 0 Å². The molecule has 0 saturated heterocycles. The van der Waals surface area contributed by atoms with E-state index in [1.807, 2.05) is 36.4 Å². The van der Waals surface area contributed by atoms with Gasteiger partial charge in [-0.1, -0.05) is 39.8 Å². The number of thioether (sulfide) groups is 1. The molecule has 0 aliphatic carbocycles. The van der Waals surface area contributed by atoms with Crippen molar-refractivity contribution in [3.8, 4) is 11.5 Å². The Hall–Kier alpha value is -2.52. The molecule has 1 N–H and O–H groups in total. The number of ether oxygens (including phenoxy) is 2. The normalized spacial score (nSPS) is 10.4. The third kappa shape index (κ3) is 6.00. The van der Waals surface area contributed by atoms with Crippen molar-refractivity contribution in [2.24, 2.45) is 0 Å². The maximum absolute atomic E-state index is 12.0. The van der Waals surface area contributed by atoms with Crippen LogP contribution in [0.2, 0.25) is 0 Å². The van der Waals surface area contributed by atoms with Gasteiger partial charge in [0.25, 0.3) is 11.1 Å². The molecule has 0 fully saturated rings. The second-order valence-electron chi connectivity index (χ2n) is 5.28. The number of rotatable bonds is 8. The van der Waals surface area contributed by atoms with Crippen molar-refractivity contribution in [2.45, 2.75) is 11.8 Å². The molecule has 27 heavy (non-hydrogen) atoms. The standard InChI is InChI=1S/C18H16BrN3O4S/c1-24-14-6-3-7-15(9-14)25-10-17-21-22-18(26-17)27-11-16(23)20-13-5-2-4-12(19)8-13/h2-9H,10-11H2,1H3,(H,20,23). The maximum atomic E-state index is 12.0. The molecule has 0 atom stereocenters. The van der Waals surface area contributed by atoms with Crippen molar-refractivity contribution in [3.63, 3.8) is 0 Å². The second kappa shape index (κ2) is 9.43. The first kappa shape index (κ1) is 19.2. The highest BCUT2D eigenvalue weighted by Gasteiger charge is 2.11. The minimum Gasteiger partial charge on any atom is -0.497 e. The average molecular weight is 450 g/mol. The van der Waals surface area contributed by atoms with Crippen LogP contribution in [0.5, 0.6) is 11.5 Å². The molecule has 2 aromatic carbocycles. The number of hydrogen-bond acceptors (Lipinski definition) is 7. The number of nitrogens with one attached hydrogen (secondary N) is 1. The Bertz CT molecular complexity index is 919. The van der Waals surface area contributed by atoms with Crippen molar-refractivity contribution in [3.05, 3.63) is 58.9 Å². The molecule has 140 valence electrons. The number of halogens is 1. The molecule has 0 radical (unpaired) electrons. The first-order chi connectivity index (χ1) is 13.1. The minimum atomic E-state index is -0.162. The lowest BCUT2D eigenvalue weighted by Crippen LogP contribution is -2.13. The lowest BCUT2D eigenvalue weighted by atomic mass is 10.3. The summed E-state index contributed by atoms with van der Waals surface area (Å²) in [4.78, 5) is 12.0. The van der Waals surface area contributed by atoms with E-state index in [-0.39, 0.29) is 18.3 Å². The number of methoxy groups -OCH3 is 1. The lowest BCUT2D eigenvalue weighted by molar-refractivity contribution is -0.113. The Kier molecular flexibility index (Phi) is 6.72. The van der Waals surface area contributed by atoms with Gasteiger partial charge in [0.05, 0.1) is 12.9 Å². The SMILES string of the molecule is COc1cccc(OCc2nnc(SCC(=O)Nc3cccc(Br)c3)o2)c1. The molecule has 0 unspecified atom stereocenters. The van der Waals surface area contributed by atoms with Gasteiger partial charge in [-0.15, -0.1) is 10.2 Å². The van der Waals surface area contributed by atoms with E-state index in [4.69, 9.17) is 13.9 Å². The summed E-state index contributed by atoms with van der Waals surface area (Å²) in [5.74, 6) is 1.66. The largest absolute Gasteiger partial charge is 0.497 e. The van der Waals surface area contributed by atoms with Gasteiger partial charge in [0.1, 0.15) is 11.5 Å². The minimum absolute atomic E-state index is 0.130. The fraction of sp³-hybridized carbons (Fsp3) is 0.167. The molecule has 0 aliphatic rings. The molecule has 9 heteroatoms. The Labute approximate surface area is 168 Å². The molecule has 3 rings (SSSR count). The summed E-state index contributed by atoms with van der Waals surface area (Å²) in [5.41, 5.74) is 0.716. The van der Waals surface area contributed by atoms with Gasteiger partial charge in [0.2, 0.25) is 5.91 Å². The molecule has 3 aromatic rings. The molecule has 0 saturated carbocycles. The lowest BCUT2D eigenvalue weighted by Gasteiger charge is -2.05. The summed E-state index contributed by atoms with van der Waals surface area (Å²) in [6.07, 6.45) is 0. The first-order valence-electron chi connectivity index (χ1n) is 7.90. The van der Waals surface area contributed by atoms with Gasteiger partial charge >= 0.3 is 0 Å². The zero-order chi connectivity index (χ0) is 19.1. The van der Waals surface area contributed by atoms with Crippen LogP contribution in [0.15, 0.2) is 62.6 Å². The molecule has 1 aromatic heterocycles. The number of anilines is 1. The molecular weight excluding hydrogens is 434 g/mol. The highest BCUT2D eigenvalue weighted by molar-refractivity contribution is 9.10. The van der Waals surface area contributed by atoms with Gasteiger partial charge in [0.15, 0.2) is 6.61 Å². The third-order valence-corrected chi connectivity index (χ3v) is 4.60. The monoisotopic (exact) mass is 449 g/mol. The molecule has 1 amide bonds. The highest BCUT2D eigenvalue weighted by atomic mass is 79.9. The number of amides is 1. The van der Waals surface area contributed by atoms with Gasteiger partial charge in [-0.05, 0) is 30.3 Å². The zero-order valence-corrected chi connectivity index (χ0v) is 16.7. The van der Waals surface area contributed by atoms with Crippen LogP contribution in [-0.2, 0) is 11.4 Å². The Morgan fingerprint density at radius 1 is 1.19 bits per heavy atom. The third-order valence-electron chi connectivity index (χ3n) is 3.29. The van der Waals surface area contributed by atoms with Crippen LogP contribution in [0.1, 0.15) is 5.89 Å². The smallest absolute Gasteiger partial charge is 0.277 e. The number of hydrogen-bond donors (Lipinski definition) is 1. The van der Waals surface area contributed by atoms with Crippen LogP contribution in [-0.4, -0.2) is 29.0 Å². The van der Waals surface area contributed by atoms with Crippen LogP contribution in [0, 0.1) is 0 Å². The first-order valence-corrected chi connectivity index (χ1v) is 9.67. The van der Waals surface area contributed by atoms with Crippen molar-refractivity contribution in [1.82, 2.24) is 10.2 Å². The van der Waals surface area contributed by atoms with Crippen molar-refractivity contribution in [1.29, 1.82) is 0 Å². The number of benzene rings is 2. The fourth-order valence-electron chi connectivity index (χ4n) is 2.08. The molecule has 7 nitrogen and oxygen atoms in total. The van der Waals surface area contributed by atoms with Gasteiger partial charge in [-0.25, -0.2) is 0 Å². The van der Waals surface area contributed by atoms with E-state index in [0.717, 1.165) is 16.2 Å². The van der Waals surface area contributed by atoms with Crippen LogP contribution in [0.3, 0.4) is 0 Å². The summed E-state index contributed by atoms with van der Waals surface area (Å²) in [6.45, 7) is 0.130. The summed E-state index contributed by atoms with van der Waals surface area (Å²) in [5, 5.41) is 10.9. The number of aromatic nitrogens is 2. The van der Waals surface area contributed by atoms with Crippen LogP contribution >= 0.6 is 27.7 Å². The number of carbonyl (C=O) groups excluding carboxylic acids is 1. The molecule has 0 aliphatic heterocycles. The van der Waals surface area contributed by atoms with Gasteiger partial charge < -0.3 is 19.2 Å². The van der Waals surface area contributed by atoms with E-state index >= 15 is 0 Å². The second-order valence-corrected chi connectivity index (χ2v) is 7.12. The maximum Gasteiger partial charge on any atom is 0.277 e. The quantitative estimate of drug-likeness (QED) is 0.516. The molecule has 0 bridgehead atoms. The Morgan fingerprint density at radius 3 is 2.81 bits per heavy atom. The molecule has 0 spiro atoms. The van der Waals surface area contributed by atoms with E-state index in [9.17, 15) is 4.79 Å². The van der Waals surface area contributed by atoms with Crippen molar-refractivity contribution in [2.75, 3.05) is 18.2 Å². The van der Waals surface area contributed by atoms with E-state index in [1.165, 1.54) is 0 Å². The summed E-state index contributed by atoms with van der Waals surface area (Å²) >= 11 is 4.52. The van der Waals surface area contributed by atoms with Gasteiger partial charge in [-0.2, -0.15) is 0 Å². The topological polar surface area (TPSA) is 86.5 Å². The Balaban J connectivity index is 1.46. The molecule has 1 heterocycles. The fourth-order valence-corrected chi connectivity index (χ4v) is 3.06. The zero-order valence-electron chi connectivity index (χ0n) is 14.3. The predicted molar refractivity (Wildman–Crippen MR) is 105 cm³/mol. The Morgan fingerprint density at radius 2 is 2.00 bits per heavy atom. The van der Waals surface area contributed by atoms with E-state index in [1.54, 1.807) is 19.2 Å². The summed E-state index contributed by atoms with van der Waals surface area (Å²) in [6, 6.07) is 14.6. The van der Waals surface area contributed by atoms with E-state index in [2.05, 4.69) is 31.4 Å². The van der Waals surface area contributed by atoms with Gasteiger partial charge in [-0.3, -0.25) is 4.79 Å². The summed E-state index contributed by atoms with van der Waals surface area (Å²) < 4.78 is 17.1. The number of nitrogens with zero attached hydrogens (tertiary/aromatic N) is 2. The number of carbonyl (C=O) groups is 1. The van der Waals surface area contributed by atoms with Crippen molar-refractivity contribution < 1.29 is 18.7 Å². The summed E-state index contributed by atoms with van der Waals surface area (Å²) in [7, 11) is 1.59. The highest BCUT2D eigenvalue weighted by Crippen LogP contribution is 2.21.